The minimum Gasteiger partial charge on any atom is -0.204 e. The summed E-state index contributed by atoms with van der Waals surface area (Å²) in [5.41, 5.74) is 7.33. The van der Waals surface area contributed by atoms with Gasteiger partial charge in [-0.05, 0) is 30.7 Å². The van der Waals surface area contributed by atoms with E-state index in [1.165, 1.54) is 27.9 Å². The van der Waals surface area contributed by atoms with Gasteiger partial charge in [0, 0.05) is 17.7 Å². The highest BCUT2D eigenvalue weighted by atomic mass is 15.2. The fourth-order valence-corrected chi connectivity index (χ4v) is 3.89. The number of rotatable bonds is 1. The molecule has 0 amide bonds. The van der Waals surface area contributed by atoms with E-state index >= 15 is 0 Å². The molecule has 120 valence electrons. The summed E-state index contributed by atoms with van der Waals surface area (Å²) >= 11 is 0. The average Bonchev–Trinajstić information content (AvgIpc) is 3.01. The molecule has 0 saturated heterocycles. The van der Waals surface area contributed by atoms with E-state index in [4.69, 9.17) is 4.67 Å². The van der Waals surface area contributed by atoms with Gasteiger partial charge in [0.1, 0.15) is 12.6 Å². The Balaban J connectivity index is 1.77. The second-order valence-corrected chi connectivity index (χ2v) is 6.69. The summed E-state index contributed by atoms with van der Waals surface area (Å²) in [6.07, 6.45) is 15.0. The van der Waals surface area contributed by atoms with Gasteiger partial charge in [-0.3, -0.25) is 0 Å². The van der Waals surface area contributed by atoms with E-state index in [1.54, 1.807) is 0 Å². The Morgan fingerprint density at radius 3 is 2.80 bits per heavy atom. The molecule has 3 aliphatic rings. The van der Waals surface area contributed by atoms with Crippen LogP contribution in [0, 0.1) is 6.92 Å². The Hall–Kier alpha value is -3.16. The van der Waals surface area contributed by atoms with E-state index in [1.807, 2.05) is 0 Å². The normalized spacial score (nSPS) is 19.3. The Morgan fingerprint density at radius 2 is 1.92 bits per heavy atom. The largest absolute Gasteiger partial charge is 0.384 e. The number of hydrogen-bond donors (Lipinski definition) is 0. The van der Waals surface area contributed by atoms with E-state index in [9.17, 15) is 0 Å². The number of nitrogens with zero attached hydrogens (tertiary/aromatic N) is 3. The molecule has 1 aromatic heterocycles. The predicted molar refractivity (Wildman–Crippen MR) is 102 cm³/mol. The molecule has 1 aromatic carbocycles. The summed E-state index contributed by atoms with van der Waals surface area (Å²) in [6.45, 7) is 2.17. The van der Waals surface area contributed by atoms with Gasteiger partial charge >= 0.3 is 5.84 Å². The Bertz CT molecular complexity index is 1060. The number of aromatic nitrogens is 1. The number of benzene rings is 1. The molecule has 0 N–H and O–H groups in total. The monoisotopic (exact) mass is 325 g/mol. The van der Waals surface area contributed by atoms with Crippen molar-refractivity contribution in [1.82, 2.24) is 9.57 Å². The minimum atomic E-state index is 0.222. The van der Waals surface area contributed by atoms with Crippen LogP contribution in [0.5, 0.6) is 0 Å². The molecule has 0 saturated carbocycles. The molecule has 2 aliphatic heterocycles. The van der Waals surface area contributed by atoms with Gasteiger partial charge in [-0.25, -0.2) is 14.1 Å². The third-order valence-corrected chi connectivity index (χ3v) is 5.16. The highest BCUT2D eigenvalue weighted by Crippen LogP contribution is 2.31. The summed E-state index contributed by atoms with van der Waals surface area (Å²) in [7, 11) is 2.11. The molecule has 25 heavy (non-hydrogen) atoms. The maximum absolute atomic E-state index is 4.92. The lowest BCUT2D eigenvalue weighted by molar-refractivity contribution is -0.660. The van der Waals surface area contributed by atoms with Crippen molar-refractivity contribution in [3.05, 3.63) is 83.7 Å². The molecule has 3 heterocycles. The van der Waals surface area contributed by atoms with Gasteiger partial charge in [0.25, 0.3) is 5.71 Å². The smallest absolute Gasteiger partial charge is 0.204 e. The van der Waals surface area contributed by atoms with Gasteiger partial charge in [0.15, 0.2) is 12.2 Å². The van der Waals surface area contributed by atoms with Crippen molar-refractivity contribution in [1.29, 1.82) is 0 Å². The highest BCUT2D eigenvalue weighted by Gasteiger charge is 2.44. The molecular formula is C22H19N3+2. The van der Waals surface area contributed by atoms with Crippen LogP contribution in [0.3, 0.4) is 0 Å². The second kappa shape index (κ2) is 5.17. The van der Waals surface area contributed by atoms with Crippen LogP contribution in [0.1, 0.15) is 16.7 Å². The van der Waals surface area contributed by atoms with Crippen molar-refractivity contribution in [3.8, 4) is 11.3 Å². The molecule has 2 aromatic rings. The van der Waals surface area contributed by atoms with E-state index < -0.39 is 0 Å². The van der Waals surface area contributed by atoms with E-state index in [-0.39, 0.29) is 6.04 Å². The predicted octanol–water partition coefficient (Wildman–Crippen LogP) is 2.54. The van der Waals surface area contributed by atoms with Crippen LogP contribution in [0.25, 0.3) is 17.3 Å². The Labute approximate surface area is 147 Å². The summed E-state index contributed by atoms with van der Waals surface area (Å²) in [6, 6.07) is 11.0. The molecule has 1 aliphatic carbocycles. The van der Waals surface area contributed by atoms with Gasteiger partial charge in [-0.2, -0.15) is 0 Å². The molecule has 0 fully saturated rings. The lowest BCUT2D eigenvalue weighted by Gasteiger charge is -2.19. The van der Waals surface area contributed by atoms with Crippen LogP contribution in [0.4, 0.5) is 0 Å². The third kappa shape index (κ3) is 2.00. The number of pyridine rings is 1. The van der Waals surface area contributed by atoms with E-state index in [0.717, 1.165) is 11.5 Å². The van der Waals surface area contributed by atoms with Crippen LogP contribution in [0.2, 0.25) is 0 Å². The molecular weight excluding hydrogens is 306 g/mol. The number of hydrogen-bond acceptors (Lipinski definition) is 1. The lowest BCUT2D eigenvalue weighted by Crippen LogP contribution is -2.39. The van der Waals surface area contributed by atoms with Crippen LogP contribution >= 0.6 is 0 Å². The fraction of sp³-hybridized carbons (Fsp3) is 0.136. The Morgan fingerprint density at radius 1 is 1.04 bits per heavy atom. The van der Waals surface area contributed by atoms with Gasteiger partial charge in [0.05, 0.1) is 11.8 Å². The topological polar surface area (TPSA) is 21.2 Å². The van der Waals surface area contributed by atoms with Crippen LogP contribution in [-0.2, 0) is 7.05 Å². The summed E-state index contributed by atoms with van der Waals surface area (Å²) in [5, 5.41) is 0. The molecule has 0 spiro atoms. The zero-order valence-corrected chi connectivity index (χ0v) is 14.3. The van der Waals surface area contributed by atoms with E-state index in [0.29, 0.717) is 0 Å². The summed E-state index contributed by atoms with van der Waals surface area (Å²) in [4.78, 5) is 2.26. The van der Waals surface area contributed by atoms with Crippen molar-refractivity contribution in [3.63, 3.8) is 0 Å². The first kappa shape index (κ1) is 14.2. The fourth-order valence-electron chi connectivity index (χ4n) is 3.89. The molecule has 3 heteroatoms. The summed E-state index contributed by atoms with van der Waals surface area (Å²) < 4.78 is 7.13. The highest BCUT2D eigenvalue weighted by molar-refractivity contribution is 6.16. The maximum atomic E-state index is 4.92. The number of amidine groups is 1. The molecule has 0 radical (unpaired) electrons. The van der Waals surface area contributed by atoms with Crippen molar-refractivity contribution in [2.45, 2.75) is 13.0 Å². The molecule has 1 unspecified atom stereocenters. The Kier molecular flexibility index (Phi) is 2.94. The quantitative estimate of drug-likeness (QED) is 0.583. The average molecular weight is 325 g/mol. The minimum absolute atomic E-state index is 0.222. The van der Waals surface area contributed by atoms with Gasteiger partial charge in [-0.1, -0.05) is 30.4 Å². The van der Waals surface area contributed by atoms with Gasteiger partial charge in [-0.15, -0.1) is 0 Å². The van der Waals surface area contributed by atoms with Gasteiger partial charge in [0.2, 0.25) is 5.69 Å². The number of allylic oxidation sites excluding steroid dienone is 2. The van der Waals surface area contributed by atoms with Crippen molar-refractivity contribution < 1.29 is 4.57 Å². The van der Waals surface area contributed by atoms with Gasteiger partial charge < -0.3 is 0 Å². The first-order valence-electron chi connectivity index (χ1n) is 8.60. The van der Waals surface area contributed by atoms with Crippen molar-refractivity contribution in [2.75, 3.05) is 0 Å². The standard InChI is InChI=1S/C22H19N3/c1-15-7-3-4-8-16(15)21-17-12-14-25-20-10-6-5-9-19(20)23-22(25)18(17)11-13-24(21)2/h3-14,20H,1-2H3/q+2. The SMILES string of the molecule is Cc1ccccc1-c1c2c(cc[n+]1C)C1=[N+]=C3C=CC=CC3N1C=C2. The molecule has 5 rings (SSSR count). The third-order valence-electron chi connectivity index (χ3n) is 5.16. The summed E-state index contributed by atoms with van der Waals surface area (Å²) in [5.74, 6) is 1.05. The molecule has 3 nitrogen and oxygen atoms in total. The number of aryl methyl sites for hydroxylation is 2. The number of fused-ring (bicyclic) bond motifs is 5. The lowest BCUT2D eigenvalue weighted by atomic mass is 9.94. The first-order valence-corrected chi connectivity index (χ1v) is 8.60. The zero-order valence-electron chi connectivity index (χ0n) is 14.3. The van der Waals surface area contributed by atoms with Crippen molar-refractivity contribution >= 4 is 17.6 Å². The van der Waals surface area contributed by atoms with Crippen LogP contribution in [0.15, 0.2) is 67.0 Å². The molecule has 0 bridgehead atoms. The van der Waals surface area contributed by atoms with Crippen molar-refractivity contribution in [2.24, 2.45) is 7.05 Å². The first-order chi connectivity index (χ1) is 12.2. The zero-order chi connectivity index (χ0) is 17.0. The molecule has 1 atom stereocenters. The maximum Gasteiger partial charge on any atom is 0.384 e. The van der Waals surface area contributed by atoms with Crippen LogP contribution < -0.4 is 9.24 Å². The van der Waals surface area contributed by atoms with E-state index in [2.05, 4.69) is 96.5 Å². The van der Waals surface area contributed by atoms with Crippen LogP contribution in [-0.4, -0.2) is 22.5 Å². The second-order valence-electron chi connectivity index (χ2n) is 6.69.